The fourth-order valence-corrected chi connectivity index (χ4v) is 0.786. The van der Waals surface area contributed by atoms with Crippen molar-refractivity contribution in [3.05, 3.63) is 0 Å². The summed E-state index contributed by atoms with van der Waals surface area (Å²) in [6.45, 7) is 12.9. The third kappa shape index (κ3) is 6.89. The van der Waals surface area contributed by atoms with Gasteiger partial charge in [0.25, 0.3) is 0 Å². The lowest BCUT2D eigenvalue weighted by molar-refractivity contribution is -0.152. The SMILES string of the molecule is CC(C)(C)NCCOC(=O)C(C)(C)C. The van der Waals surface area contributed by atoms with Gasteiger partial charge in [0.1, 0.15) is 6.61 Å². The van der Waals surface area contributed by atoms with E-state index in [2.05, 4.69) is 26.1 Å². The van der Waals surface area contributed by atoms with E-state index in [1.165, 1.54) is 0 Å². The second-order valence-corrected chi connectivity index (χ2v) is 5.56. The molecular formula is C11H23NO2. The Bertz CT molecular complexity index is 186. The molecule has 0 spiro atoms. The number of carbonyl (C=O) groups is 1. The van der Waals surface area contributed by atoms with E-state index in [-0.39, 0.29) is 11.5 Å². The van der Waals surface area contributed by atoms with Crippen LogP contribution in [0.4, 0.5) is 0 Å². The van der Waals surface area contributed by atoms with E-state index in [4.69, 9.17) is 4.74 Å². The van der Waals surface area contributed by atoms with Crippen LogP contribution in [0.3, 0.4) is 0 Å². The maximum atomic E-state index is 11.3. The first kappa shape index (κ1) is 13.4. The third-order valence-corrected chi connectivity index (χ3v) is 1.60. The molecule has 0 atom stereocenters. The Morgan fingerprint density at radius 2 is 1.64 bits per heavy atom. The average molecular weight is 201 g/mol. The molecule has 0 bridgehead atoms. The highest BCUT2D eigenvalue weighted by Gasteiger charge is 2.22. The normalized spacial score (nSPS) is 12.7. The molecule has 3 heteroatoms. The van der Waals surface area contributed by atoms with Gasteiger partial charge in [0.15, 0.2) is 0 Å². The first-order valence-corrected chi connectivity index (χ1v) is 5.05. The van der Waals surface area contributed by atoms with E-state index in [1.54, 1.807) is 0 Å². The zero-order chi connectivity index (χ0) is 11.4. The van der Waals surface area contributed by atoms with Gasteiger partial charge in [-0.25, -0.2) is 0 Å². The number of hydrogen-bond donors (Lipinski definition) is 1. The largest absolute Gasteiger partial charge is 0.464 e. The number of rotatable bonds is 3. The van der Waals surface area contributed by atoms with Crippen molar-refractivity contribution in [2.24, 2.45) is 5.41 Å². The molecule has 0 unspecified atom stereocenters. The minimum atomic E-state index is -0.401. The molecule has 0 amide bonds. The zero-order valence-corrected chi connectivity index (χ0v) is 10.2. The van der Waals surface area contributed by atoms with Crippen LogP contribution in [-0.4, -0.2) is 24.7 Å². The molecular weight excluding hydrogens is 178 g/mol. The highest BCUT2D eigenvalue weighted by Crippen LogP contribution is 2.14. The first-order valence-electron chi connectivity index (χ1n) is 5.05. The Balaban J connectivity index is 3.62. The van der Waals surface area contributed by atoms with Crippen LogP contribution in [0.2, 0.25) is 0 Å². The fraction of sp³-hybridized carbons (Fsp3) is 0.909. The van der Waals surface area contributed by atoms with Crippen molar-refractivity contribution in [3.8, 4) is 0 Å². The van der Waals surface area contributed by atoms with E-state index in [9.17, 15) is 4.79 Å². The fourth-order valence-electron chi connectivity index (χ4n) is 0.786. The second-order valence-electron chi connectivity index (χ2n) is 5.56. The van der Waals surface area contributed by atoms with E-state index in [0.29, 0.717) is 13.2 Å². The molecule has 84 valence electrons. The van der Waals surface area contributed by atoms with Crippen LogP contribution in [0.25, 0.3) is 0 Å². The summed E-state index contributed by atoms with van der Waals surface area (Å²) >= 11 is 0. The van der Waals surface area contributed by atoms with Gasteiger partial charge in [-0.3, -0.25) is 4.79 Å². The van der Waals surface area contributed by atoms with E-state index in [0.717, 1.165) is 0 Å². The summed E-state index contributed by atoms with van der Waals surface area (Å²) in [5.41, 5.74) is -0.324. The van der Waals surface area contributed by atoms with E-state index < -0.39 is 5.41 Å². The summed E-state index contributed by atoms with van der Waals surface area (Å²) in [4.78, 5) is 11.3. The molecule has 0 heterocycles. The molecule has 0 saturated carbocycles. The molecule has 0 aliphatic rings. The molecule has 0 aromatic rings. The van der Waals surface area contributed by atoms with Crippen molar-refractivity contribution in [2.45, 2.75) is 47.1 Å². The van der Waals surface area contributed by atoms with Gasteiger partial charge < -0.3 is 10.1 Å². The highest BCUT2D eigenvalue weighted by molar-refractivity contribution is 5.75. The Kier molecular flexibility index (Phi) is 4.59. The van der Waals surface area contributed by atoms with Crippen molar-refractivity contribution in [1.82, 2.24) is 5.32 Å². The van der Waals surface area contributed by atoms with Crippen LogP contribution in [0.1, 0.15) is 41.5 Å². The summed E-state index contributed by atoms with van der Waals surface area (Å²) in [6, 6.07) is 0. The first-order chi connectivity index (χ1) is 6.13. The average Bonchev–Trinajstić information content (AvgIpc) is 1.93. The molecule has 14 heavy (non-hydrogen) atoms. The van der Waals surface area contributed by atoms with Crippen LogP contribution in [0.15, 0.2) is 0 Å². The van der Waals surface area contributed by atoms with Crippen LogP contribution in [-0.2, 0) is 9.53 Å². The molecule has 0 rings (SSSR count). The molecule has 1 N–H and O–H groups in total. The number of hydrogen-bond acceptors (Lipinski definition) is 3. The summed E-state index contributed by atoms with van der Waals surface area (Å²) in [5.74, 6) is -0.145. The van der Waals surface area contributed by atoms with E-state index >= 15 is 0 Å². The second kappa shape index (κ2) is 4.78. The van der Waals surface area contributed by atoms with E-state index in [1.807, 2.05) is 20.8 Å². The molecule has 0 radical (unpaired) electrons. The number of carbonyl (C=O) groups excluding carboxylic acids is 1. The lowest BCUT2D eigenvalue weighted by Gasteiger charge is -2.21. The minimum absolute atomic E-state index is 0.0775. The third-order valence-electron chi connectivity index (χ3n) is 1.60. The molecule has 0 aliphatic carbocycles. The zero-order valence-electron chi connectivity index (χ0n) is 10.2. The Hall–Kier alpha value is -0.570. The molecule has 0 aromatic carbocycles. The summed E-state index contributed by atoms with van der Waals surface area (Å²) < 4.78 is 5.10. The lowest BCUT2D eigenvalue weighted by atomic mass is 9.97. The van der Waals surface area contributed by atoms with Crippen LogP contribution in [0, 0.1) is 5.41 Å². The molecule has 0 fully saturated rings. The van der Waals surface area contributed by atoms with Crippen molar-refractivity contribution >= 4 is 5.97 Å². The van der Waals surface area contributed by atoms with Gasteiger partial charge >= 0.3 is 5.97 Å². The van der Waals surface area contributed by atoms with Crippen LogP contribution >= 0.6 is 0 Å². The molecule has 0 aromatic heterocycles. The molecule has 0 aliphatic heterocycles. The number of ether oxygens (including phenoxy) is 1. The smallest absolute Gasteiger partial charge is 0.311 e. The van der Waals surface area contributed by atoms with Gasteiger partial charge in [-0.1, -0.05) is 0 Å². The molecule has 0 saturated heterocycles. The summed E-state index contributed by atoms with van der Waals surface area (Å²) in [7, 11) is 0. The summed E-state index contributed by atoms with van der Waals surface area (Å²) in [6.07, 6.45) is 0. The Morgan fingerprint density at radius 3 is 2.00 bits per heavy atom. The Labute approximate surface area is 87.2 Å². The topological polar surface area (TPSA) is 38.3 Å². The van der Waals surface area contributed by atoms with Gasteiger partial charge in [-0.05, 0) is 41.5 Å². The van der Waals surface area contributed by atoms with Crippen molar-refractivity contribution < 1.29 is 9.53 Å². The van der Waals surface area contributed by atoms with Gasteiger partial charge in [-0.2, -0.15) is 0 Å². The van der Waals surface area contributed by atoms with Crippen LogP contribution < -0.4 is 5.32 Å². The maximum Gasteiger partial charge on any atom is 0.311 e. The van der Waals surface area contributed by atoms with Crippen molar-refractivity contribution in [1.29, 1.82) is 0 Å². The molecule has 3 nitrogen and oxygen atoms in total. The highest BCUT2D eigenvalue weighted by atomic mass is 16.5. The maximum absolute atomic E-state index is 11.3. The van der Waals surface area contributed by atoms with Crippen molar-refractivity contribution in [3.63, 3.8) is 0 Å². The van der Waals surface area contributed by atoms with Gasteiger partial charge in [-0.15, -0.1) is 0 Å². The quantitative estimate of drug-likeness (QED) is 0.560. The van der Waals surface area contributed by atoms with Gasteiger partial charge in [0.2, 0.25) is 0 Å². The number of nitrogens with one attached hydrogen (secondary N) is 1. The number of esters is 1. The van der Waals surface area contributed by atoms with Crippen LogP contribution in [0.5, 0.6) is 0 Å². The minimum Gasteiger partial charge on any atom is -0.464 e. The summed E-state index contributed by atoms with van der Waals surface area (Å²) in [5, 5.41) is 3.25. The van der Waals surface area contributed by atoms with Crippen molar-refractivity contribution in [2.75, 3.05) is 13.2 Å². The predicted octanol–water partition coefficient (Wildman–Crippen LogP) is 1.96. The predicted molar refractivity (Wildman–Crippen MR) is 58.2 cm³/mol. The standard InChI is InChI=1S/C11H23NO2/c1-10(2,3)9(13)14-8-7-12-11(4,5)6/h12H,7-8H2,1-6H3. The Morgan fingerprint density at radius 1 is 1.14 bits per heavy atom. The van der Waals surface area contributed by atoms with Gasteiger partial charge in [0.05, 0.1) is 5.41 Å². The van der Waals surface area contributed by atoms with Gasteiger partial charge in [0, 0.05) is 12.1 Å². The monoisotopic (exact) mass is 201 g/mol. The lowest BCUT2D eigenvalue weighted by Crippen LogP contribution is -2.38.